The molecule has 0 saturated heterocycles. The molecule has 6 nitrogen and oxygen atoms in total. The van der Waals surface area contributed by atoms with E-state index in [1.165, 1.54) is 12.1 Å². The fraction of sp³-hybridized carbons (Fsp3) is 0.250. The normalized spacial score (nSPS) is 10.4. The van der Waals surface area contributed by atoms with E-state index in [0.717, 1.165) is 23.9 Å². The lowest BCUT2D eigenvalue weighted by atomic mass is 10.2. The van der Waals surface area contributed by atoms with Gasteiger partial charge < -0.3 is 5.32 Å². The monoisotopic (exact) mass is 264 g/mol. The standard InChI is InChI=1S/C12H13FN4O2/c1-2-9-6-10(16-15-9)7-14-11-4-3-8(13)5-12(11)17(18)19/h3-6,14H,2,7H2,1H3,(H,15,16). The van der Waals surface area contributed by atoms with Gasteiger partial charge in [0.15, 0.2) is 0 Å². The summed E-state index contributed by atoms with van der Waals surface area (Å²) in [6, 6.07) is 5.31. The number of nitro benzene ring substituents is 1. The zero-order valence-corrected chi connectivity index (χ0v) is 10.3. The van der Waals surface area contributed by atoms with Crippen LogP contribution in [0.15, 0.2) is 24.3 Å². The van der Waals surface area contributed by atoms with Gasteiger partial charge in [0, 0.05) is 0 Å². The van der Waals surface area contributed by atoms with Crippen molar-refractivity contribution in [2.75, 3.05) is 5.32 Å². The second kappa shape index (κ2) is 5.47. The third-order valence-corrected chi connectivity index (χ3v) is 2.67. The first-order valence-electron chi connectivity index (χ1n) is 5.81. The molecule has 0 saturated carbocycles. The van der Waals surface area contributed by atoms with Crippen LogP contribution in [0.25, 0.3) is 0 Å². The highest BCUT2D eigenvalue weighted by Gasteiger charge is 2.14. The van der Waals surface area contributed by atoms with Crippen molar-refractivity contribution >= 4 is 11.4 Å². The maximum atomic E-state index is 13.0. The molecule has 100 valence electrons. The predicted octanol–water partition coefficient (Wildman–Crippen LogP) is 2.63. The molecule has 2 N–H and O–H groups in total. The van der Waals surface area contributed by atoms with Crippen LogP contribution >= 0.6 is 0 Å². The number of aryl methyl sites for hydroxylation is 1. The van der Waals surface area contributed by atoms with Gasteiger partial charge in [0.25, 0.3) is 5.69 Å². The van der Waals surface area contributed by atoms with Gasteiger partial charge in [-0.1, -0.05) is 6.92 Å². The number of nitrogens with zero attached hydrogens (tertiary/aromatic N) is 2. The lowest BCUT2D eigenvalue weighted by molar-refractivity contribution is -0.384. The number of hydrogen-bond acceptors (Lipinski definition) is 4. The summed E-state index contributed by atoms with van der Waals surface area (Å²) >= 11 is 0. The highest BCUT2D eigenvalue weighted by molar-refractivity contribution is 5.61. The van der Waals surface area contributed by atoms with Crippen molar-refractivity contribution in [3.63, 3.8) is 0 Å². The van der Waals surface area contributed by atoms with Crippen LogP contribution in [-0.4, -0.2) is 15.1 Å². The zero-order valence-electron chi connectivity index (χ0n) is 10.3. The second-order valence-electron chi connectivity index (χ2n) is 4.01. The minimum Gasteiger partial charge on any atom is -0.374 e. The van der Waals surface area contributed by atoms with Gasteiger partial charge >= 0.3 is 0 Å². The molecule has 1 aromatic heterocycles. The maximum Gasteiger partial charge on any atom is 0.295 e. The van der Waals surface area contributed by atoms with Crippen LogP contribution in [0.2, 0.25) is 0 Å². The number of nitro groups is 1. The number of nitrogens with one attached hydrogen (secondary N) is 2. The lowest BCUT2D eigenvalue weighted by Crippen LogP contribution is -2.03. The molecule has 0 atom stereocenters. The van der Waals surface area contributed by atoms with Crippen LogP contribution < -0.4 is 5.32 Å². The van der Waals surface area contributed by atoms with Gasteiger partial charge in [0.1, 0.15) is 11.5 Å². The molecule has 0 aliphatic heterocycles. The van der Waals surface area contributed by atoms with Crippen molar-refractivity contribution in [1.82, 2.24) is 10.2 Å². The second-order valence-corrected chi connectivity index (χ2v) is 4.01. The molecule has 19 heavy (non-hydrogen) atoms. The average molecular weight is 264 g/mol. The Morgan fingerprint density at radius 3 is 2.89 bits per heavy atom. The van der Waals surface area contributed by atoms with E-state index < -0.39 is 10.7 Å². The van der Waals surface area contributed by atoms with Crippen molar-refractivity contribution in [2.24, 2.45) is 0 Å². The SMILES string of the molecule is CCc1cc(CNc2ccc(F)cc2[N+](=O)[O-])[nH]n1. The molecule has 0 aliphatic rings. The van der Waals surface area contributed by atoms with E-state index in [1.807, 2.05) is 13.0 Å². The molecule has 0 amide bonds. The van der Waals surface area contributed by atoms with Gasteiger partial charge in [0.05, 0.1) is 28.9 Å². The molecule has 0 bridgehead atoms. The Labute approximate surface area is 108 Å². The maximum absolute atomic E-state index is 13.0. The van der Waals surface area contributed by atoms with Crippen LogP contribution in [0.1, 0.15) is 18.3 Å². The van der Waals surface area contributed by atoms with E-state index in [9.17, 15) is 14.5 Å². The molecule has 0 aliphatic carbocycles. The smallest absolute Gasteiger partial charge is 0.295 e. The van der Waals surface area contributed by atoms with E-state index in [1.54, 1.807) is 0 Å². The number of benzene rings is 1. The van der Waals surface area contributed by atoms with E-state index in [2.05, 4.69) is 15.5 Å². The summed E-state index contributed by atoms with van der Waals surface area (Å²) in [5.74, 6) is -0.632. The average Bonchev–Trinajstić information content (AvgIpc) is 2.85. The van der Waals surface area contributed by atoms with E-state index in [0.29, 0.717) is 6.54 Å². The fourth-order valence-electron chi connectivity index (χ4n) is 1.68. The molecule has 1 aromatic carbocycles. The molecule has 0 fully saturated rings. The summed E-state index contributed by atoms with van der Waals surface area (Å²) in [4.78, 5) is 10.2. The third-order valence-electron chi connectivity index (χ3n) is 2.67. The van der Waals surface area contributed by atoms with Gasteiger partial charge in [-0.05, 0) is 24.6 Å². The first-order chi connectivity index (χ1) is 9.10. The molecule has 0 spiro atoms. The Kier molecular flexibility index (Phi) is 3.74. The quantitative estimate of drug-likeness (QED) is 0.642. The van der Waals surface area contributed by atoms with Gasteiger partial charge in [-0.2, -0.15) is 5.10 Å². The van der Waals surface area contributed by atoms with Crippen molar-refractivity contribution in [3.05, 3.63) is 51.6 Å². The Bertz CT molecular complexity index is 597. The van der Waals surface area contributed by atoms with Crippen molar-refractivity contribution in [3.8, 4) is 0 Å². The van der Waals surface area contributed by atoms with Gasteiger partial charge in [-0.25, -0.2) is 4.39 Å². The minimum absolute atomic E-state index is 0.277. The van der Waals surface area contributed by atoms with Gasteiger partial charge in [-0.3, -0.25) is 15.2 Å². The molecular weight excluding hydrogens is 251 g/mol. The van der Waals surface area contributed by atoms with Crippen LogP contribution in [0.5, 0.6) is 0 Å². The van der Waals surface area contributed by atoms with Crippen LogP contribution in [0.4, 0.5) is 15.8 Å². The Morgan fingerprint density at radius 2 is 2.26 bits per heavy atom. The molecule has 1 heterocycles. The summed E-state index contributed by atoms with van der Waals surface area (Å²) in [6.07, 6.45) is 0.813. The fourth-order valence-corrected chi connectivity index (χ4v) is 1.68. The number of anilines is 1. The Balaban J connectivity index is 2.12. The number of aromatic nitrogens is 2. The highest BCUT2D eigenvalue weighted by atomic mass is 19.1. The summed E-state index contributed by atoms with van der Waals surface area (Å²) in [6.45, 7) is 2.34. The first kappa shape index (κ1) is 13.0. The first-order valence-corrected chi connectivity index (χ1v) is 5.81. The Hall–Kier alpha value is -2.44. The minimum atomic E-state index is -0.632. The number of rotatable bonds is 5. The number of aromatic amines is 1. The summed E-state index contributed by atoms with van der Waals surface area (Å²) in [5.41, 5.74) is 1.73. The summed E-state index contributed by atoms with van der Waals surface area (Å²) < 4.78 is 13.0. The van der Waals surface area contributed by atoms with Crippen molar-refractivity contribution in [2.45, 2.75) is 19.9 Å². The summed E-state index contributed by atoms with van der Waals surface area (Å²) in [7, 11) is 0. The molecule has 2 aromatic rings. The molecule has 0 unspecified atom stereocenters. The highest BCUT2D eigenvalue weighted by Crippen LogP contribution is 2.25. The molecule has 0 radical (unpaired) electrons. The topological polar surface area (TPSA) is 83.9 Å². The van der Waals surface area contributed by atoms with Crippen LogP contribution in [-0.2, 0) is 13.0 Å². The van der Waals surface area contributed by atoms with Crippen molar-refractivity contribution < 1.29 is 9.31 Å². The molecule has 7 heteroatoms. The number of halogens is 1. The third kappa shape index (κ3) is 3.06. The lowest BCUT2D eigenvalue weighted by Gasteiger charge is -2.05. The van der Waals surface area contributed by atoms with Crippen LogP contribution in [0, 0.1) is 15.9 Å². The molecular formula is C12H13FN4O2. The van der Waals surface area contributed by atoms with E-state index >= 15 is 0 Å². The largest absolute Gasteiger partial charge is 0.374 e. The van der Waals surface area contributed by atoms with E-state index in [4.69, 9.17) is 0 Å². The predicted molar refractivity (Wildman–Crippen MR) is 68.3 cm³/mol. The number of H-pyrrole nitrogens is 1. The van der Waals surface area contributed by atoms with Gasteiger partial charge in [0.2, 0.25) is 0 Å². The van der Waals surface area contributed by atoms with Gasteiger partial charge in [-0.15, -0.1) is 0 Å². The van der Waals surface area contributed by atoms with Crippen molar-refractivity contribution in [1.29, 1.82) is 0 Å². The van der Waals surface area contributed by atoms with Crippen LogP contribution in [0.3, 0.4) is 0 Å². The van der Waals surface area contributed by atoms with E-state index in [-0.39, 0.29) is 11.4 Å². The summed E-state index contributed by atoms with van der Waals surface area (Å²) in [5, 5.41) is 20.6. The Morgan fingerprint density at radius 1 is 1.47 bits per heavy atom. The molecule has 2 rings (SSSR count). The zero-order chi connectivity index (χ0) is 13.8. The number of hydrogen-bond donors (Lipinski definition) is 2.